The van der Waals surface area contributed by atoms with Crippen molar-refractivity contribution >= 4 is 28.0 Å². The Kier molecular flexibility index (Phi) is 4.51. The summed E-state index contributed by atoms with van der Waals surface area (Å²) in [6.45, 7) is 0.389. The van der Waals surface area contributed by atoms with E-state index in [0.717, 1.165) is 33.7 Å². The quantitative estimate of drug-likeness (QED) is 0.371. The molecule has 5 aromatic rings. The maximum atomic E-state index is 6.26. The average Bonchev–Trinajstić information content (AvgIpc) is 3.12. The van der Waals surface area contributed by atoms with Crippen molar-refractivity contribution < 1.29 is 4.74 Å². The van der Waals surface area contributed by atoms with Gasteiger partial charge >= 0.3 is 0 Å². The number of rotatable bonds is 4. The lowest BCUT2D eigenvalue weighted by Gasteiger charge is -2.09. The molecule has 2 heterocycles. The van der Waals surface area contributed by atoms with E-state index in [4.69, 9.17) is 21.4 Å². The zero-order chi connectivity index (χ0) is 19.8. The van der Waals surface area contributed by atoms with Crippen molar-refractivity contribution in [2.75, 3.05) is 7.11 Å². The number of nitrogens with zero attached hydrogens (tertiary/aromatic N) is 3. The first kappa shape index (κ1) is 17.9. The lowest BCUT2D eigenvalue weighted by atomic mass is 10.0. The van der Waals surface area contributed by atoms with Gasteiger partial charge in [-0.3, -0.25) is 0 Å². The standard InChI is InChI=1S/C24H18ClN3O/c1-29-15-21-23(17-8-4-9-18(25)14-17)24-26-13-12-22(28(24)27-21)20-11-5-7-16-6-2-3-10-19(16)20/h2-14H,15H2,1H3. The fourth-order valence-electron chi connectivity index (χ4n) is 3.82. The van der Waals surface area contributed by atoms with E-state index in [0.29, 0.717) is 11.6 Å². The van der Waals surface area contributed by atoms with E-state index < -0.39 is 0 Å². The Morgan fingerprint density at radius 3 is 2.66 bits per heavy atom. The fourth-order valence-corrected chi connectivity index (χ4v) is 4.01. The number of aromatic nitrogens is 3. The Morgan fingerprint density at radius 2 is 1.79 bits per heavy atom. The van der Waals surface area contributed by atoms with Crippen LogP contribution in [0.5, 0.6) is 0 Å². The first-order chi connectivity index (χ1) is 14.3. The van der Waals surface area contributed by atoms with Crippen molar-refractivity contribution in [2.45, 2.75) is 6.61 Å². The van der Waals surface area contributed by atoms with Crippen molar-refractivity contribution in [3.63, 3.8) is 0 Å². The second-order valence-electron chi connectivity index (χ2n) is 6.86. The Morgan fingerprint density at radius 1 is 0.966 bits per heavy atom. The first-order valence-electron chi connectivity index (χ1n) is 9.36. The molecule has 0 N–H and O–H groups in total. The molecule has 142 valence electrons. The van der Waals surface area contributed by atoms with Crippen LogP contribution in [0.4, 0.5) is 0 Å². The molecule has 0 spiro atoms. The molecule has 3 aromatic carbocycles. The summed E-state index contributed by atoms with van der Waals surface area (Å²) in [6.07, 6.45) is 1.83. The number of halogens is 1. The summed E-state index contributed by atoms with van der Waals surface area (Å²) in [5.41, 5.74) is 5.62. The molecule has 0 fully saturated rings. The smallest absolute Gasteiger partial charge is 0.163 e. The number of methoxy groups -OCH3 is 1. The maximum absolute atomic E-state index is 6.26. The minimum atomic E-state index is 0.389. The van der Waals surface area contributed by atoms with Crippen LogP contribution in [0.3, 0.4) is 0 Å². The zero-order valence-electron chi connectivity index (χ0n) is 15.8. The molecule has 0 saturated heterocycles. The molecule has 0 saturated carbocycles. The third kappa shape index (κ3) is 3.07. The van der Waals surface area contributed by atoms with Gasteiger partial charge in [-0.25, -0.2) is 9.50 Å². The van der Waals surface area contributed by atoms with Crippen molar-refractivity contribution in [1.82, 2.24) is 14.6 Å². The van der Waals surface area contributed by atoms with Crippen LogP contribution >= 0.6 is 11.6 Å². The molecule has 5 heteroatoms. The van der Waals surface area contributed by atoms with E-state index in [2.05, 4.69) is 47.4 Å². The van der Waals surface area contributed by atoms with Gasteiger partial charge in [0, 0.05) is 23.9 Å². The van der Waals surface area contributed by atoms with Gasteiger partial charge in [-0.15, -0.1) is 0 Å². The highest BCUT2D eigenvalue weighted by Crippen LogP contribution is 2.34. The largest absolute Gasteiger partial charge is 0.378 e. The van der Waals surface area contributed by atoms with Crippen molar-refractivity contribution in [3.05, 3.63) is 89.7 Å². The summed E-state index contributed by atoms with van der Waals surface area (Å²) in [5.74, 6) is 0. The number of benzene rings is 3. The highest BCUT2D eigenvalue weighted by molar-refractivity contribution is 6.30. The maximum Gasteiger partial charge on any atom is 0.163 e. The Balaban J connectivity index is 1.82. The lowest BCUT2D eigenvalue weighted by molar-refractivity contribution is 0.181. The second kappa shape index (κ2) is 7.32. The molecular formula is C24H18ClN3O. The van der Waals surface area contributed by atoms with Crippen LogP contribution in [0.15, 0.2) is 79.0 Å². The van der Waals surface area contributed by atoms with Gasteiger partial charge < -0.3 is 4.74 Å². The number of ether oxygens (including phenoxy) is 1. The second-order valence-corrected chi connectivity index (χ2v) is 7.29. The van der Waals surface area contributed by atoms with Crippen LogP contribution in [0, 0.1) is 0 Å². The van der Waals surface area contributed by atoms with E-state index >= 15 is 0 Å². The zero-order valence-corrected chi connectivity index (χ0v) is 16.6. The van der Waals surface area contributed by atoms with Gasteiger partial charge in [-0.05, 0) is 34.5 Å². The van der Waals surface area contributed by atoms with E-state index in [1.165, 1.54) is 10.8 Å². The highest BCUT2D eigenvalue weighted by atomic mass is 35.5. The van der Waals surface area contributed by atoms with Gasteiger partial charge in [0.25, 0.3) is 0 Å². The van der Waals surface area contributed by atoms with Crippen LogP contribution < -0.4 is 0 Å². The molecule has 0 atom stereocenters. The third-order valence-corrected chi connectivity index (χ3v) is 5.29. The minimum Gasteiger partial charge on any atom is -0.378 e. The predicted molar refractivity (Wildman–Crippen MR) is 117 cm³/mol. The summed E-state index contributed by atoms with van der Waals surface area (Å²) in [5, 5.41) is 7.92. The molecule has 29 heavy (non-hydrogen) atoms. The molecule has 0 aliphatic heterocycles. The van der Waals surface area contributed by atoms with Crippen molar-refractivity contribution in [2.24, 2.45) is 0 Å². The van der Waals surface area contributed by atoms with Crippen LogP contribution in [0.1, 0.15) is 5.69 Å². The van der Waals surface area contributed by atoms with Gasteiger partial charge in [0.05, 0.1) is 23.6 Å². The van der Waals surface area contributed by atoms with Gasteiger partial charge in [0.2, 0.25) is 0 Å². The summed E-state index contributed by atoms with van der Waals surface area (Å²) in [7, 11) is 1.67. The number of fused-ring (bicyclic) bond motifs is 2. The summed E-state index contributed by atoms with van der Waals surface area (Å²) < 4.78 is 7.34. The monoisotopic (exact) mass is 399 g/mol. The summed E-state index contributed by atoms with van der Waals surface area (Å²) in [6, 6.07) is 24.4. The number of hydrogen-bond acceptors (Lipinski definition) is 3. The molecule has 0 aliphatic carbocycles. The van der Waals surface area contributed by atoms with Crippen LogP contribution in [0.25, 0.3) is 38.8 Å². The normalized spacial score (nSPS) is 11.4. The van der Waals surface area contributed by atoms with Gasteiger partial charge in [0.1, 0.15) is 0 Å². The van der Waals surface area contributed by atoms with E-state index in [-0.39, 0.29) is 0 Å². The van der Waals surface area contributed by atoms with E-state index in [1.54, 1.807) is 7.11 Å². The molecule has 2 aromatic heterocycles. The van der Waals surface area contributed by atoms with Crippen LogP contribution in [0.2, 0.25) is 5.02 Å². The topological polar surface area (TPSA) is 39.4 Å². The highest BCUT2D eigenvalue weighted by Gasteiger charge is 2.19. The molecule has 0 amide bonds. The Bertz CT molecular complexity index is 1340. The van der Waals surface area contributed by atoms with E-state index in [1.807, 2.05) is 41.0 Å². The van der Waals surface area contributed by atoms with Gasteiger partial charge in [-0.1, -0.05) is 66.2 Å². The van der Waals surface area contributed by atoms with Gasteiger partial charge in [-0.2, -0.15) is 5.10 Å². The van der Waals surface area contributed by atoms with Crippen LogP contribution in [-0.4, -0.2) is 21.7 Å². The molecule has 5 rings (SSSR count). The van der Waals surface area contributed by atoms with E-state index in [9.17, 15) is 0 Å². The Hall–Kier alpha value is -3.21. The lowest BCUT2D eigenvalue weighted by Crippen LogP contribution is -1.97. The summed E-state index contributed by atoms with van der Waals surface area (Å²) >= 11 is 6.26. The molecule has 0 bridgehead atoms. The molecular weight excluding hydrogens is 382 g/mol. The molecule has 0 unspecified atom stereocenters. The molecule has 0 radical (unpaired) electrons. The molecule has 4 nitrogen and oxygen atoms in total. The Labute approximate surface area is 173 Å². The fraction of sp³-hybridized carbons (Fsp3) is 0.0833. The first-order valence-corrected chi connectivity index (χ1v) is 9.73. The summed E-state index contributed by atoms with van der Waals surface area (Å²) in [4.78, 5) is 4.66. The van der Waals surface area contributed by atoms with Crippen LogP contribution in [-0.2, 0) is 11.3 Å². The molecule has 0 aliphatic rings. The number of hydrogen-bond donors (Lipinski definition) is 0. The SMILES string of the molecule is COCc1nn2c(-c3cccc4ccccc34)ccnc2c1-c1cccc(Cl)c1. The van der Waals surface area contributed by atoms with Crippen molar-refractivity contribution in [1.29, 1.82) is 0 Å². The van der Waals surface area contributed by atoms with Crippen molar-refractivity contribution in [3.8, 4) is 22.4 Å². The predicted octanol–water partition coefficient (Wildman–Crippen LogP) is 6.02. The third-order valence-electron chi connectivity index (χ3n) is 5.05. The van der Waals surface area contributed by atoms with Gasteiger partial charge in [0.15, 0.2) is 5.65 Å². The average molecular weight is 400 g/mol. The minimum absolute atomic E-state index is 0.389.